The van der Waals surface area contributed by atoms with Crippen molar-refractivity contribution in [1.82, 2.24) is 9.80 Å². The molecule has 0 spiro atoms. The number of carbonyl (C=O) groups is 3. The highest BCUT2D eigenvalue weighted by Gasteiger charge is 2.24. The number of rotatable bonds is 5. The molecule has 8 heteroatoms. The number of piperazine rings is 1. The first-order valence-corrected chi connectivity index (χ1v) is 10.8. The molecule has 2 aromatic carbocycles. The van der Waals surface area contributed by atoms with Crippen LogP contribution < -0.4 is 0 Å². The van der Waals surface area contributed by atoms with Crippen molar-refractivity contribution >= 4 is 58.6 Å². The summed E-state index contributed by atoms with van der Waals surface area (Å²) in [7, 11) is 0. The molecule has 5 nitrogen and oxygen atoms in total. The van der Waals surface area contributed by atoms with E-state index in [1.54, 1.807) is 46.2 Å². The molecule has 0 aromatic heterocycles. The lowest BCUT2D eigenvalue weighted by Crippen LogP contribution is -2.50. The van der Waals surface area contributed by atoms with Crippen molar-refractivity contribution in [3.63, 3.8) is 0 Å². The van der Waals surface area contributed by atoms with Gasteiger partial charge in [0.25, 0.3) is 5.91 Å². The third-order valence-corrected chi connectivity index (χ3v) is 6.97. The molecule has 0 aliphatic carbocycles. The minimum atomic E-state index is -0.177. The molecule has 0 saturated carbocycles. The summed E-state index contributed by atoms with van der Waals surface area (Å²) in [5.74, 6) is -0.166. The van der Waals surface area contributed by atoms with E-state index in [-0.39, 0.29) is 11.8 Å². The van der Waals surface area contributed by atoms with E-state index in [1.165, 1.54) is 18.7 Å². The van der Waals surface area contributed by atoms with E-state index in [1.807, 2.05) is 0 Å². The molecule has 1 saturated heterocycles. The molecule has 156 valence electrons. The molecule has 2 aromatic rings. The van der Waals surface area contributed by atoms with Crippen LogP contribution in [0.3, 0.4) is 0 Å². The second kappa shape index (κ2) is 9.69. The molecule has 1 aliphatic heterocycles. The zero-order chi connectivity index (χ0) is 21.8. The second-order valence-electron chi connectivity index (χ2n) is 6.80. The van der Waals surface area contributed by atoms with Gasteiger partial charge >= 0.3 is 0 Å². The van der Waals surface area contributed by atoms with Gasteiger partial charge in [-0.1, -0.05) is 59.7 Å². The predicted octanol–water partition coefficient (Wildman–Crippen LogP) is 4.66. The number of hydrogen-bond acceptors (Lipinski definition) is 4. The van der Waals surface area contributed by atoms with Gasteiger partial charge in [-0.05, 0) is 23.8 Å². The van der Waals surface area contributed by atoms with Crippen molar-refractivity contribution in [2.24, 2.45) is 0 Å². The van der Waals surface area contributed by atoms with Gasteiger partial charge in [-0.2, -0.15) is 0 Å². The van der Waals surface area contributed by atoms with Gasteiger partial charge in [0.05, 0.1) is 10.0 Å². The summed E-state index contributed by atoms with van der Waals surface area (Å²) in [5.41, 5.74) is 1.45. The number of nitrogens with zero attached hydrogens (tertiary/aromatic N) is 2. The largest absolute Gasteiger partial charge is 0.339 e. The van der Waals surface area contributed by atoms with Crippen molar-refractivity contribution < 1.29 is 14.4 Å². The molecule has 1 aliphatic rings. The standard InChI is InChI=1S/C22H20Cl2N2O3S/c1-14(22(29)26-10-8-25(9-11-26)15(2)28)16-6-7-20(19(24)12-16)30-21-17(13-27)4-3-5-18(21)23/h3-7,12-13H,1,8-11H2,2H3. The monoisotopic (exact) mass is 462 g/mol. The molecule has 2 amide bonds. The van der Waals surface area contributed by atoms with Gasteiger partial charge in [0.15, 0.2) is 6.29 Å². The average molecular weight is 463 g/mol. The normalized spacial score (nSPS) is 13.8. The molecule has 0 N–H and O–H groups in total. The second-order valence-corrected chi connectivity index (χ2v) is 8.67. The van der Waals surface area contributed by atoms with Crippen LogP contribution in [0, 0.1) is 0 Å². The van der Waals surface area contributed by atoms with Gasteiger partial charge in [-0.3, -0.25) is 14.4 Å². The fourth-order valence-electron chi connectivity index (χ4n) is 3.15. The summed E-state index contributed by atoms with van der Waals surface area (Å²) in [4.78, 5) is 40.3. The van der Waals surface area contributed by atoms with Crippen LogP contribution in [-0.2, 0) is 9.59 Å². The summed E-state index contributed by atoms with van der Waals surface area (Å²) in [5, 5.41) is 0.902. The lowest BCUT2D eigenvalue weighted by atomic mass is 10.1. The molecular formula is C22H20Cl2N2O3S. The van der Waals surface area contributed by atoms with Crippen LogP contribution >= 0.6 is 35.0 Å². The van der Waals surface area contributed by atoms with Crippen LogP contribution in [0.5, 0.6) is 0 Å². The van der Waals surface area contributed by atoms with E-state index < -0.39 is 0 Å². The first-order chi connectivity index (χ1) is 14.3. The van der Waals surface area contributed by atoms with Crippen LogP contribution in [0.2, 0.25) is 10.0 Å². The maximum atomic E-state index is 12.8. The third kappa shape index (κ3) is 4.89. The van der Waals surface area contributed by atoms with E-state index in [0.29, 0.717) is 62.7 Å². The lowest BCUT2D eigenvalue weighted by molar-refractivity contribution is -0.135. The number of hydrogen-bond donors (Lipinski definition) is 0. The number of benzene rings is 2. The van der Waals surface area contributed by atoms with Gasteiger partial charge in [-0.15, -0.1) is 0 Å². The Morgan fingerprint density at radius 3 is 2.30 bits per heavy atom. The zero-order valence-corrected chi connectivity index (χ0v) is 18.7. The molecule has 0 bridgehead atoms. The number of halogens is 2. The maximum Gasteiger partial charge on any atom is 0.253 e. The van der Waals surface area contributed by atoms with Crippen molar-refractivity contribution in [3.8, 4) is 0 Å². The highest BCUT2D eigenvalue weighted by molar-refractivity contribution is 7.99. The summed E-state index contributed by atoms with van der Waals surface area (Å²) < 4.78 is 0. The minimum absolute atomic E-state index is 0.0112. The smallest absolute Gasteiger partial charge is 0.253 e. The Bertz CT molecular complexity index is 1020. The molecular weight excluding hydrogens is 443 g/mol. The zero-order valence-electron chi connectivity index (χ0n) is 16.4. The van der Waals surface area contributed by atoms with Crippen molar-refractivity contribution in [2.45, 2.75) is 16.7 Å². The van der Waals surface area contributed by atoms with Gasteiger partial charge < -0.3 is 9.80 Å². The van der Waals surface area contributed by atoms with E-state index in [0.717, 1.165) is 6.29 Å². The van der Waals surface area contributed by atoms with Crippen molar-refractivity contribution in [1.29, 1.82) is 0 Å². The molecule has 0 unspecified atom stereocenters. The molecule has 1 fully saturated rings. The first-order valence-electron chi connectivity index (χ1n) is 9.27. The summed E-state index contributed by atoms with van der Waals surface area (Å²) >= 11 is 14.0. The Hall–Kier alpha value is -2.28. The summed E-state index contributed by atoms with van der Waals surface area (Å²) in [6.45, 7) is 7.45. The molecule has 0 radical (unpaired) electrons. The van der Waals surface area contributed by atoms with E-state index in [2.05, 4.69) is 6.58 Å². The van der Waals surface area contributed by atoms with Crippen LogP contribution in [0.1, 0.15) is 22.8 Å². The Balaban J connectivity index is 1.74. The van der Waals surface area contributed by atoms with Gasteiger partial charge in [0, 0.05) is 54.0 Å². The van der Waals surface area contributed by atoms with Gasteiger partial charge in [0.2, 0.25) is 5.91 Å². The SMILES string of the molecule is C=C(C(=O)N1CCN(C(C)=O)CC1)c1ccc(Sc2c(Cl)cccc2C=O)c(Cl)c1. The highest BCUT2D eigenvalue weighted by Crippen LogP contribution is 2.39. The Morgan fingerprint density at radius 1 is 1.03 bits per heavy atom. The van der Waals surface area contributed by atoms with Crippen LogP contribution in [-0.4, -0.2) is 54.1 Å². The van der Waals surface area contributed by atoms with Crippen molar-refractivity contribution in [2.75, 3.05) is 26.2 Å². The minimum Gasteiger partial charge on any atom is -0.339 e. The van der Waals surface area contributed by atoms with Crippen molar-refractivity contribution in [3.05, 3.63) is 64.1 Å². The summed E-state index contributed by atoms with van der Waals surface area (Å²) in [6.07, 6.45) is 0.753. The van der Waals surface area contributed by atoms with E-state index in [4.69, 9.17) is 23.2 Å². The quantitative estimate of drug-likeness (QED) is 0.478. The fraction of sp³-hybridized carbons (Fsp3) is 0.227. The van der Waals surface area contributed by atoms with Gasteiger partial charge in [-0.25, -0.2) is 0 Å². The third-order valence-electron chi connectivity index (χ3n) is 4.89. The highest BCUT2D eigenvalue weighted by atomic mass is 35.5. The fourth-order valence-corrected chi connectivity index (χ4v) is 4.65. The van der Waals surface area contributed by atoms with Gasteiger partial charge in [0.1, 0.15) is 0 Å². The molecule has 1 heterocycles. The Morgan fingerprint density at radius 2 is 1.70 bits per heavy atom. The van der Waals surface area contributed by atoms with E-state index in [9.17, 15) is 14.4 Å². The Labute approximate surface area is 189 Å². The van der Waals surface area contributed by atoms with Crippen LogP contribution in [0.25, 0.3) is 5.57 Å². The lowest BCUT2D eigenvalue weighted by Gasteiger charge is -2.34. The first kappa shape index (κ1) is 22.4. The summed E-state index contributed by atoms with van der Waals surface area (Å²) in [6, 6.07) is 10.4. The molecule has 0 atom stereocenters. The average Bonchev–Trinajstić information content (AvgIpc) is 2.75. The topological polar surface area (TPSA) is 57.7 Å². The predicted molar refractivity (Wildman–Crippen MR) is 120 cm³/mol. The van der Waals surface area contributed by atoms with Crippen LogP contribution in [0.4, 0.5) is 0 Å². The molecule has 3 rings (SSSR count). The molecule has 30 heavy (non-hydrogen) atoms. The number of carbonyl (C=O) groups excluding carboxylic acids is 3. The van der Waals surface area contributed by atoms with Crippen LogP contribution in [0.15, 0.2) is 52.8 Å². The Kier molecular flexibility index (Phi) is 7.23. The van der Waals surface area contributed by atoms with E-state index >= 15 is 0 Å². The number of amides is 2. The number of aldehydes is 1. The maximum absolute atomic E-state index is 12.8.